The van der Waals surface area contributed by atoms with Crippen LogP contribution in [0.25, 0.3) is 0 Å². The molecule has 0 aromatic heterocycles. The summed E-state index contributed by atoms with van der Waals surface area (Å²) in [5.41, 5.74) is 1.12. The largest absolute Gasteiger partial charge is 0.371 e. The van der Waals surface area contributed by atoms with Gasteiger partial charge in [-0.2, -0.15) is 0 Å². The van der Waals surface area contributed by atoms with Crippen LogP contribution in [0, 0.1) is 0 Å². The van der Waals surface area contributed by atoms with E-state index in [2.05, 4.69) is 0 Å². The molecule has 76 valence electrons. The lowest BCUT2D eigenvalue weighted by atomic mass is 10.2. The molecule has 2 rings (SSSR count). The summed E-state index contributed by atoms with van der Waals surface area (Å²) in [6.07, 6.45) is 1.57. The smallest absolute Gasteiger partial charge is 0.126 e. The van der Waals surface area contributed by atoms with Crippen molar-refractivity contribution in [2.75, 3.05) is 0 Å². The second kappa shape index (κ2) is 4.56. The Morgan fingerprint density at radius 3 is 2.64 bits per heavy atom. The molecular formula is C12H15FO. The van der Waals surface area contributed by atoms with Gasteiger partial charge in [-0.05, 0) is 24.8 Å². The minimum atomic E-state index is -0.751. The molecule has 1 aromatic rings. The molecule has 0 bridgehead atoms. The molecule has 2 unspecified atom stereocenters. The molecule has 0 amide bonds. The van der Waals surface area contributed by atoms with Crippen LogP contribution in [0.3, 0.4) is 0 Å². The average Bonchev–Trinajstić information content (AvgIpc) is 2.63. The molecule has 1 aromatic carbocycles. The fourth-order valence-electron chi connectivity index (χ4n) is 1.85. The molecule has 0 N–H and O–H groups in total. The van der Waals surface area contributed by atoms with Gasteiger partial charge < -0.3 is 4.74 Å². The van der Waals surface area contributed by atoms with E-state index in [0.717, 1.165) is 18.4 Å². The van der Waals surface area contributed by atoms with Crippen molar-refractivity contribution in [3.05, 3.63) is 35.9 Å². The summed E-state index contributed by atoms with van der Waals surface area (Å²) in [7, 11) is 0. The summed E-state index contributed by atoms with van der Waals surface area (Å²) in [5, 5.41) is 0. The Morgan fingerprint density at radius 2 is 2.00 bits per heavy atom. The highest BCUT2D eigenvalue weighted by Crippen LogP contribution is 2.25. The first-order valence-corrected chi connectivity index (χ1v) is 5.16. The lowest BCUT2D eigenvalue weighted by Crippen LogP contribution is -2.18. The van der Waals surface area contributed by atoms with E-state index in [9.17, 15) is 4.39 Å². The SMILES string of the molecule is FC1CCCC1OCc1ccccc1. The molecule has 0 aliphatic heterocycles. The van der Waals surface area contributed by atoms with Gasteiger partial charge in [0.15, 0.2) is 0 Å². The van der Waals surface area contributed by atoms with E-state index in [1.54, 1.807) is 0 Å². The predicted octanol–water partition coefficient (Wildman–Crippen LogP) is 3.09. The molecule has 1 aliphatic carbocycles. The van der Waals surface area contributed by atoms with Crippen molar-refractivity contribution >= 4 is 0 Å². The Labute approximate surface area is 83.9 Å². The zero-order chi connectivity index (χ0) is 9.80. The quantitative estimate of drug-likeness (QED) is 0.718. The molecule has 2 heteroatoms. The van der Waals surface area contributed by atoms with Gasteiger partial charge in [-0.3, -0.25) is 0 Å². The van der Waals surface area contributed by atoms with Crippen LogP contribution in [0.2, 0.25) is 0 Å². The van der Waals surface area contributed by atoms with Gasteiger partial charge in [-0.25, -0.2) is 4.39 Å². The highest BCUT2D eigenvalue weighted by atomic mass is 19.1. The Balaban J connectivity index is 1.82. The number of rotatable bonds is 3. The summed E-state index contributed by atoms with van der Waals surface area (Å²) in [5.74, 6) is 0. The van der Waals surface area contributed by atoms with E-state index < -0.39 is 6.17 Å². The van der Waals surface area contributed by atoms with Crippen molar-refractivity contribution in [1.29, 1.82) is 0 Å². The maximum Gasteiger partial charge on any atom is 0.126 e. The second-order valence-electron chi connectivity index (χ2n) is 3.78. The van der Waals surface area contributed by atoms with Gasteiger partial charge in [-0.1, -0.05) is 30.3 Å². The minimum absolute atomic E-state index is 0.171. The van der Waals surface area contributed by atoms with Crippen LogP contribution < -0.4 is 0 Å². The van der Waals surface area contributed by atoms with Gasteiger partial charge in [0.1, 0.15) is 6.17 Å². The number of hydrogen-bond donors (Lipinski definition) is 0. The number of benzene rings is 1. The summed E-state index contributed by atoms with van der Waals surface area (Å²) >= 11 is 0. The fraction of sp³-hybridized carbons (Fsp3) is 0.500. The van der Waals surface area contributed by atoms with Crippen molar-refractivity contribution in [1.82, 2.24) is 0 Å². The average molecular weight is 194 g/mol. The van der Waals surface area contributed by atoms with Gasteiger partial charge in [0.2, 0.25) is 0 Å². The Morgan fingerprint density at radius 1 is 1.21 bits per heavy atom. The fourth-order valence-corrected chi connectivity index (χ4v) is 1.85. The first-order valence-electron chi connectivity index (χ1n) is 5.16. The van der Waals surface area contributed by atoms with E-state index in [0.29, 0.717) is 13.0 Å². The number of ether oxygens (including phenoxy) is 1. The van der Waals surface area contributed by atoms with Crippen LogP contribution in [0.4, 0.5) is 4.39 Å². The van der Waals surface area contributed by atoms with Crippen molar-refractivity contribution < 1.29 is 9.13 Å². The van der Waals surface area contributed by atoms with Gasteiger partial charge >= 0.3 is 0 Å². The van der Waals surface area contributed by atoms with Crippen molar-refractivity contribution in [2.45, 2.75) is 38.1 Å². The molecule has 1 aliphatic rings. The molecule has 1 fully saturated rings. The topological polar surface area (TPSA) is 9.23 Å². The zero-order valence-electron chi connectivity index (χ0n) is 8.16. The highest BCUT2D eigenvalue weighted by Gasteiger charge is 2.27. The molecule has 2 atom stereocenters. The standard InChI is InChI=1S/C12H15FO/c13-11-7-4-8-12(11)14-9-10-5-2-1-3-6-10/h1-3,5-6,11-12H,4,7-9H2. The third kappa shape index (κ3) is 2.32. The molecule has 14 heavy (non-hydrogen) atoms. The van der Waals surface area contributed by atoms with Crippen LogP contribution in [-0.2, 0) is 11.3 Å². The number of halogens is 1. The summed E-state index contributed by atoms with van der Waals surface area (Å²) < 4.78 is 18.7. The van der Waals surface area contributed by atoms with Crippen molar-refractivity contribution in [3.63, 3.8) is 0 Å². The molecule has 0 saturated heterocycles. The normalized spacial score (nSPS) is 26.6. The van der Waals surface area contributed by atoms with E-state index >= 15 is 0 Å². The van der Waals surface area contributed by atoms with Gasteiger partial charge in [-0.15, -0.1) is 0 Å². The maximum atomic E-state index is 13.2. The van der Waals surface area contributed by atoms with Crippen molar-refractivity contribution in [3.8, 4) is 0 Å². The third-order valence-electron chi connectivity index (χ3n) is 2.68. The van der Waals surface area contributed by atoms with Crippen LogP contribution in [0.15, 0.2) is 30.3 Å². The van der Waals surface area contributed by atoms with Crippen LogP contribution in [-0.4, -0.2) is 12.3 Å². The molecule has 1 saturated carbocycles. The van der Waals surface area contributed by atoms with Crippen LogP contribution in [0.5, 0.6) is 0 Å². The Kier molecular flexibility index (Phi) is 3.14. The molecule has 1 nitrogen and oxygen atoms in total. The van der Waals surface area contributed by atoms with E-state index in [1.807, 2.05) is 30.3 Å². The van der Waals surface area contributed by atoms with Crippen molar-refractivity contribution in [2.24, 2.45) is 0 Å². The van der Waals surface area contributed by atoms with E-state index in [1.165, 1.54) is 0 Å². The molecule has 0 spiro atoms. The molecular weight excluding hydrogens is 179 g/mol. The molecule has 0 radical (unpaired) electrons. The Bertz CT molecular complexity index is 273. The monoisotopic (exact) mass is 194 g/mol. The summed E-state index contributed by atoms with van der Waals surface area (Å²) in [4.78, 5) is 0. The summed E-state index contributed by atoms with van der Waals surface area (Å²) in [6, 6.07) is 9.92. The lowest BCUT2D eigenvalue weighted by Gasteiger charge is -2.13. The first kappa shape index (κ1) is 9.66. The summed E-state index contributed by atoms with van der Waals surface area (Å²) in [6.45, 7) is 0.534. The number of alkyl halides is 1. The second-order valence-corrected chi connectivity index (χ2v) is 3.78. The lowest BCUT2D eigenvalue weighted by molar-refractivity contribution is 0.00399. The zero-order valence-corrected chi connectivity index (χ0v) is 8.16. The predicted molar refractivity (Wildman–Crippen MR) is 53.8 cm³/mol. The minimum Gasteiger partial charge on any atom is -0.371 e. The van der Waals surface area contributed by atoms with Crippen LogP contribution >= 0.6 is 0 Å². The van der Waals surface area contributed by atoms with Crippen LogP contribution in [0.1, 0.15) is 24.8 Å². The van der Waals surface area contributed by atoms with E-state index in [4.69, 9.17) is 4.74 Å². The highest BCUT2D eigenvalue weighted by molar-refractivity contribution is 5.13. The first-order chi connectivity index (χ1) is 6.86. The van der Waals surface area contributed by atoms with Gasteiger partial charge in [0.25, 0.3) is 0 Å². The van der Waals surface area contributed by atoms with Gasteiger partial charge in [0.05, 0.1) is 12.7 Å². The van der Waals surface area contributed by atoms with Gasteiger partial charge in [0, 0.05) is 0 Å². The third-order valence-corrected chi connectivity index (χ3v) is 2.68. The van der Waals surface area contributed by atoms with E-state index in [-0.39, 0.29) is 6.10 Å². The Hall–Kier alpha value is -0.890. The molecule has 0 heterocycles. The number of hydrogen-bond acceptors (Lipinski definition) is 1. The maximum absolute atomic E-state index is 13.2.